The number of fused-ring (bicyclic) bond motifs is 1. The maximum Gasteiger partial charge on any atom is 0.140 e. The molecule has 5 heteroatoms. The van der Waals surface area contributed by atoms with Crippen LogP contribution in [0, 0.1) is 6.92 Å². The van der Waals surface area contributed by atoms with E-state index >= 15 is 0 Å². The van der Waals surface area contributed by atoms with E-state index in [9.17, 15) is 0 Å². The third-order valence-electron chi connectivity index (χ3n) is 4.45. The Bertz CT molecular complexity index is 1060. The van der Waals surface area contributed by atoms with Crippen molar-refractivity contribution in [1.29, 1.82) is 0 Å². The fourth-order valence-electron chi connectivity index (χ4n) is 3.18. The SMILES string of the molecule is Cc1cc(OCc2nc3ccccc3s2)ccc1-c1ccnn1C(C)(C)C. The normalized spacial score (nSPS) is 11.9. The summed E-state index contributed by atoms with van der Waals surface area (Å²) >= 11 is 1.68. The summed E-state index contributed by atoms with van der Waals surface area (Å²) in [5.74, 6) is 0.859. The molecule has 0 radical (unpaired) electrons. The van der Waals surface area contributed by atoms with Gasteiger partial charge in [0.15, 0.2) is 0 Å². The molecular formula is C22H23N3OS. The molecule has 0 bridgehead atoms. The van der Waals surface area contributed by atoms with E-state index in [0.717, 1.165) is 22.0 Å². The lowest BCUT2D eigenvalue weighted by Gasteiger charge is -2.23. The first-order valence-electron chi connectivity index (χ1n) is 9.04. The molecule has 0 spiro atoms. The van der Waals surface area contributed by atoms with Crippen molar-refractivity contribution in [2.45, 2.75) is 39.8 Å². The smallest absolute Gasteiger partial charge is 0.140 e. The summed E-state index contributed by atoms with van der Waals surface area (Å²) in [5, 5.41) is 5.49. The molecule has 138 valence electrons. The lowest BCUT2D eigenvalue weighted by molar-refractivity contribution is 0.305. The van der Waals surface area contributed by atoms with Crippen LogP contribution in [0.1, 0.15) is 31.3 Å². The molecule has 0 aliphatic heterocycles. The average Bonchev–Trinajstić information content (AvgIpc) is 3.26. The first-order valence-corrected chi connectivity index (χ1v) is 9.86. The number of aromatic nitrogens is 3. The largest absolute Gasteiger partial charge is 0.486 e. The molecule has 4 aromatic rings. The number of nitrogens with zero attached hydrogens (tertiary/aromatic N) is 3. The zero-order valence-corrected chi connectivity index (χ0v) is 16.9. The third kappa shape index (κ3) is 3.60. The van der Waals surface area contributed by atoms with Gasteiger partial charge in [-0.1, -0.05) is 12.1 Å². The Morgan fingerprint density at radius 2 is 1.89 bits per heavy atom. The Labute approximate surface area is 163 Å². The molecule has 0 saturated carbocycles. The second kappa shape index (κ2) is 6.82. The van der Waals surface area contributed by atoms with E-state index in [1.54, 1.807) is 11.3 Å². The van der Waals surface area contributed by atoms with Crippen LogP contribution in [0.4, 0.5) is 0 Å². The molecule has 0 aliphatic carbocycles. The molecule has 4 nitrogen and oxygen atoms in total. The molecule has 0 fully saturated rings. The van der Waals surface area contributed by atoms with Crippen LogP contribution in [0.15, 0.2) is 54.7 Å². The van der Waals surface area contributed by atoms with Gasteiger partial charge < -0.3 is 4.74 Å². The second-order valence-corrected chi connectivity index (χ2v) is 8.76. The summed E-state index contributed by atoms with van der Waals surface area (Å²) in [6.07, 6.45) is 1.86. The molecule has 0 aliphatic rings. The fraction of sp³-hybridized carbons (Fsp3) is 0.273. The Morgan fingerprint density at radius 1 is 1.07 bits per heavy atom. The van der Waals surface area contributed by atoms with Gasteiger partial charge in [-0.3, -0.25) is 4.68 Å². The second-order valence-electron chi connectivity index (χ2n) is 7.64. The van der Waals surface area contributed by atoms with Gasteiger partial charge in [0, 0.05) is 11.8 Å². The van der Waals surface area contributed by atoms with Crippen molar-refractivity contribution < 1.29 is 4.74 Å². The van der Waals surface area contributed by atoms with Crippen LogP contribution in [0.3, 0.4) is 0 Å². The Balaban J connectivity index is 1.54. The summed E-state index contributed by atoms with van der Waals surface area (Å²) < 4.78 is 9.26. The van der Waals surface area contributed by atoms with Gasteiger partial charge in [0.2, 0.25) is 0 Å². The minimum Gasteiger partial charge on any atom is -0.486 e. The first-order chi connectivity index (χ1) is 12.9. The molecule has 2 heterocycles. The summed E-state index contributed by atoms with van der Waals surface area (Å²) in [7, 11) is 0. The highest BCUT2D eigenvalue weighted by molar-refractivity contribution is 7.18. The Kier molecular flexibility index (Phi) is 4.48. The number of para-hydroxylation sites is 1. The van der Waals surface area contributed by atoms with Gasteiger partial charge in [0.25, 0.3) is 0 Å². The van der Waals surface area contributed by atoms with E-state index in [4.69, 9.17) is 4.74 Å². The summed E-state index contributed by atoms with van der Waals surface area (Å²) in [5.41, 5.74) is 4.44. The summed E-state index contributed by atoms with van der Waals surface area (Å²) in [6, 6.07) is 16.5. The van der Waals surface area contributed by atoms with E-state index in [0.29, 0.717) is 6.61 Å². The van der Waals surface area contributed by atoms with Gasteiger partial charge in [-0.25, -0.2) is 4.98 Å². The molecular weight excluding hydrogens is 354 g/mol. The van der Waals surface area contributed by atoms with Crippen molar-refractivity contribution in [3.63, 3.8) is 0 Å². The maximum absolute atomic E-state index is 6.00. The van der Waals surface area contributed by atoms with Crippen LogP contribution >= 0.6 is 11.3 Å². The van der Waals surface area contributed by atoms with E-state index in [-0.39, 0.29) is 5.54 Å². The standard InChI is InChI=1S/C22H23N3OS/c1-15-13-16(26-14-21-24-18-7-5-6-8-20(18)27-21)9-10-17(15)19-11-12-23-25(19)22(2,3)4/h5-13H,14H2,1-4H3. The predicted molar refractivity (Wildman–Crippen MR) is 111 cm³/mol. The van der Waals surface area contributed by atoms with E-state index in [2.05, 4.69) is 66.7 Å². The number of aryl methyl sites for hydroxylation is 1. The molecule has 0 unspecified atom stereocenters. The topological polar surface area (TPSA) is 39.9 Å². The van der Waals surface area contributed by atoms with Crippen LogP contribution in [0.25, 0.3) is 21.5 Å². The molecule has 0 atom stereocenters. The molecule has 4 rings (SSSR count). The molecule has 2 aromatic carbocycles. The lowest BCUT2D eigenvalue weighted by atomic mass is 10.0. The quantitative estimate of drug-likeness (QED) is 0.451. The van der Waals surface area contributed by atoms with Crippen molar-refractivity contribution in [3.05, 3.63) is 65.3 Å². The third-order valence-corrected chi connectivity index (χ3v) is 5.46. The number of benzene rings is 2. The van der Waals surface area contributed by atoms with Crippen LogP contribution < -0.4 is 4.74 Å². The zero-order valence-electron chi connectivity index (χ0n) is 16.1. The first kappa shape index (κ1) is 17.7. The van der Waals surface area contributed by atoms with Crippen LogP contribution in [0.2, 0.25) is 0 Å². The highest BCUT2D eigenvalue weighted by atomic mass is 32.1. The van der Waals surface area contributed by atoms with Crippen LogP contribution in [-0.4, -0.2) is 14.8 Å². The van der Waals surface area contributed by atoms with Crippen molar-refractivity contribution in [3.8, 4) is 17.0 Å². The fourth-order valence-corrected chi connectivity index (χ4v) is 4.06. The van der Waals surface area contributed by atoms with Crippen molar-refractivity contribution in [2.24, 2.45) is 0 Å². The molecule has 0 N–H and O–H groups in total. The van der Waals surface area contributed by atoms with Crippen molar-refractivity contribution >= 4 is 21.6 Å². The van der Waals surface area contributed by atoms with Crippen LogP contribution in [0.5, 0.6) is 5.75 Å². The molecule has 27 heavy (non-hydrogen) atoms. The number of hydrogen-bond acceptors (Lipinski definition) is 4. The number of hydrogen-bond donors (Lipinski definition) is 0. The van der Waals surface area contributed by atoms with Gasteiger partial charge >= 0.3 is 0 Å². The number of ether oxygens (including phenoxy) is 1. The monoisotopic (exact) mass is 377 g/mol. The van der Waals surface area contributed by atoms with Crippen molar-refractivity contribution in [2.75, 3.05) is 0 Å². The zero-order chi connectivity index (χ0) is 19.0. The molecule has 0 saturated heterocycles. The summed E-state index contributed by atoms with van der Waals surface area (Å²) in [4.78, 5) is 4.63. The van der Waals surface area contributed by atoms with E-state index in [1.165, 1.54) is 15.8 Å². The molecule has 0 amide bonds. The minimum absolute atomic E-state index is 0.0622. The lowest BCUT2D eigenvalue weighted by Crippen LogP contribution is -2.24. The Morgan fingerprint density at radius 3 is 2.63 bits per heavy atom. The summed E-state index contributed by atoms with van der Waals surface area (Å²) in [6.45, 7) is 9.08. The van der Waals surface area contributed by atoms with Gasteiger partial charge in [0.1, 0.15) is 17.4 Å². The van der Waals surface area contributed by atoms with Gasteiger partial charge in [0.05, 0.1) is 21.4 Å². The van der Waals surface area contributed by atoms with E-state index in [1.807, 2.05) is 30.5 Å². The van der Waals surface area contributed by atoms with Gasteiger partial charge in [-0.15, -0.1) is 11.3 Å². The Hall–Kier alpha value is -2.66. The predicted octanol–water partition coefficient (Wildman–Crippen LogP) is 5.80. The van der Waals surface area contributed by atoms with Gasteiger partial charge in [-0.05, 0) is 69.7 Å². The minimum atomic E-state index is -0.0622. The molecule has 2 aromatic heterocycles. The van der Waals surface area contributed by atoms with Crippen LogP contribution in [-0.2, 0) is 12.1 Å². The average molecular weight is 378 g/mol. The van der Waals surface area contributed by atoms with Crippen molar-refractivity contribution in [1.82, 2.24) is 14.8 Å². The maximum atomic E-state index is 6.00. The highest BCUT2D eigenvalue weighted by Gasteiger charge is 2.19. The van der Waals surface area contributed by atoms with E-state index < -0.39 is 0 Å². The van der Waals surface area contributed by atoms with Gasteiger partial charge in [-0.2, -0.15) is 5.10 Å². The number of rotatable bonds is 4. The number of thiazole rings is 1. The highest BCUT2D eigenvalue weighted by Crippen LogP contribution is 2.30.